The number of hydrogen-bond acceptors (Lipinski definition) is 2. The fourth-order valence-electron chi connectivity index (χ4n) is 1.90. The maximum absolute atomic E-state index is 11.1. The number of hydrogen-bond donors (Lipinski definition) is 2. The van der Waals surface area contributed by atoms with Crippen molar-refractivity contribution in [1.29, 1.82) is 0 Å². The van der Waals surface area contributed by atoms with E-state index in [0.29, 0.717) is 6.42 Å². The summed E-state index contributed by atoms with van der Waals surface area (Å²) in [6.45, 7) is 0. The van der Waals surface area contributed by atoms with Gasteiger partial charge in [0.1, 0.15) is 0 Å². The van der Waals surface area contributed by atoms with Gasteiger partial charge in [-0.1, -0.05) is 36.4 Å². The topological polar surface area (TPSA) is 74.6 Å². The number of aromatic carboxylic acids is 2. The summed E-state index contributed by atoms with van der Waals surface area (Å²) in [7, 11) is 0. The molecule has 2 aromatic rings. The van der Waals surface area contributed by atoms with Crippen molar-refractivity contribution < 1.29 is 19.8 Å². The van der Waals surface area contributed by atoms with E-state index in [4.69, 9.17) is 10.2 Å². The van der Waals surface area contributed by atoms with Crippen LogP contribution in [0.1, 0.15) is 31.8 Å². The number of rotatable bonds is 4. The van der Waals surface area contributed by atoms with E-state index in [9.17, 15) is 9.59 Å². The van der Waals surface area contributed by atoms with Gasteiger partial charge >= 0.3 is 11.9 Å². The van der Waals surface area contributed by atoms with Crippen LogP contribution in [-0.4, -0.2) is 22.2 Å². The SMILES string of the molecule is O=C(O)c1ccc(Cc2ccccc2)cc1C(=O)O. The highest BCUT2D eigenvalue weighted by atomic mass is 16.4. The van der Waals surface area contributed by atoms with Gasteiger partial charge in [-0.3, -0.25) is 0 Å². The lowest BCUT2D eigenvalue weighted by Crippen LogP contribution is -2.08. The van der Waals surface area contributed by atoms with Gasteiger partial charge in [0.25, 0.3) is 0 Å². The van der Waals surface area contributed by atoms with Crippen molar-refractivity contribution in [2.45, 2.75) is 6.42 Å². The Hall–Kier alpha value is -2.62. The summed E-state index contributed by atoms with van der Waals surface area (Å²) in [5.41, 5.74) is 1.45. The Bertz CT molecular complexity index is 617. The monoisotopic (exact) mass is 256 g/mol. The molecular weight excluding hydrogens is 244 g/mol. The largest absolute Gasteiger partial charge is 0.478 e. The quantitative estimate of drug-likeness (QED) is 0.881. The van der Waals surface area contributed by atoms with Crippen LogP contribution in [0.3, 0.4) is 0 Å². The average molecular weight is 256 g/mol. The molecule has 0 saturated carbocycles. The van der Waals surface area contributed by atoms with Crippen LogP contribution in [0, 0.1) is 0 Å². The second kappa shape index (κ2) is 5.35. The Kier molecular flexibility index (Phi) is 3.61. The predicted octanol–water partition coefficient (Wildman–Crippen LogP) is 2.67. The van der Waals surface area contributed by atoms with Crippen molar-refractivity contribution in [3.8, 4) is 0 Å². The molecule has 0 bridgehead atoms. The Morgan fingerprint density at radius 3 is 2.00 bits per heavy atom. The summed E-state index contributed by atoms with van der Waals surface area (Å²) >= 11 is 0. The molecule has 2 rings (SSSR count). The van der Waals surface area contributed by atoms with Crippen molar-refractivity contribution in [2.24, 2.45) is 0 Å². The first-order valence-electron chi connectivity index (χ1n) is 5.71. The minimum Gasteiger partial charge on any atom is -0.478 e. The molecule has 0 radical (unpaired) electrons. The molecule has 2 N–H and O–H groups in total. The molecule has 2 aromatic carbocycles. The molecule has 0 spiro atoms. The molecule has 0 atom stereocenters. The normalized spacial score (nSPS) is 10.1. The van der Waals surface area contributed by atoms with Crippen LogP contribution in [0.5, 0.6) is 0 Å². The third-order valence-corrected chi connectivity index (χ3v) is 2.80. The van der Waals surface area contributed by atoms with Gasteiger partial charge in [0.05, 0.1) is 11.1 Å². The summed E-state index contributed by atoms with van der Waals surface area (Å²) in [5, 5.41) is 18.0. The Labute approximate surface area is 109 Å². The second-order valence-corrected chi connectivity index (χ2v) is 4.15. The molecule has 0 saturated heterocycles. The molecule has 0 aromatic heterocycles. The number of carbonyl (C=O) groups is 2. The molecular formula is C15H12O4. The van der Waals surface area contributed by atoms with Crippen LogP contribution in [-0.2, 0) is 6.42 Å². The maximum atomic E-state index is 11.1. The van der Waals surface area contributed by atoms with Crippen molar-refractivity contribution in [2.75, 3.05) is 0 Å². The molecule has 4 heteroatoms. The van der Waals surface area contributed by atoms with Crippen molar-refractivity contribution >= 4 is 11.9 Å². The van der Waals surface area contributed by atoms with E-state index in [-0.39, 0.29) is 11.1 Å². The summed E-state index contributed by atoms with van der Waals surface area (Å²) in [6, 6.07) is 14.0. The van der Waals surface area contributed by atoms with Crippen LogP contribution >= 0.6 is 0 Å². The fraction of sp³-hybridized carbons (Fsp3) is 0.0667. The first-order chi connectivity index (χ1) is 9.08. The predicted molar refractivity (Wildman–Crippen MR) is 69.6 cm³/mol. The lowest BCUT2D eigenvalue weighted by atomic mass is 9.99. The molecule has 0 aliphatic heterocycles. The van der Waals surface area contributed by atoms with Gasteiger partial charge < -0.3 is 10.2 Å². The average Bonchev–Trinajstić information content (AvgIpc) is 2.39. The molecule has 0 aliphatic carbocycles. The van der Waals surface area contributed by atoms with Gasteiger partial charge in [-0.15, -0.1) is 0 Å². The van der Waals surface area contributed by atoms with E-state index in [1.807, 2.05) is 30.3 Å². The molecule has 4 nitrogen and oxygen atoms in total. The third kappa shape index (κ3) is 2.98. The van der Waals surface area contributed by atoms with Crippen LogP contribution in [0.2, 0.25) is 0 Å². The first-order valence-corrected chi connectivity index (χ1v) is 5.71. The van der Waals surface area contributed by atoms with E-state index in [0.717, 1.165) is 11.1 Å². The zero-order chi connectivity index (χ0) is 13.8. The van der Waals surface area contributed by atoms with Crippen LogP contribution in [0.4, 0.5) is 0 Å². The van der Waals surface area contributed by atoms with E-state index < -0.39 is 11.9 Å². The lowest BCUT2D eigenvalue weighted by molar-refractivity contribution is 0.0651. The van der Waals surface area contributed by atoms with Gasteiger partial charge in [0.2, 0.25) is 0 Å². The summed E-state index contributed by atoms with van der Waals surface area (Å²) in [5.74, 6) is -2.46. The summed E-state index contributed by atoms with van der Waals surface area (Å²) in [6.07, 6.45) is 0.570. The Morgan fingerprint density at radius 2 is 1.42 bits per heavy atom. The molecule has 19 heavy (non-hydrogen) atoms. The summed E-state index contributed by atoms with van der Waals surface area (Å²) < 4.78 is 0. The zero-order valence-electron chi connectivity index (χ0n) is 10.0. The van der Waals surface area contributed by atoms with Gasteiger partial charge in [-0.25, -0.2) is 9.59 Å². The first kappa shape index (κ1) is 12.8. The van der Waals surface area contributed by atoms with Crippen molar-refractivity contribution in [1.82, 2.24) is 0 Å². The van der Waals surface area contributed by atoms with E-state index in [2.05, 4.69) is 0 Å². The Balaban J connectivity index is 2.36. The number of benzene rings is 2. The van der Waals surface area contributed by atoms with Crippen molar-refractivity contribution in [3.63, 3.8) is 0 Å². The summed E-state index contributed by atoms with van der Waals surface area (Å²) in [4.78, 5) is 22.0. The van der Waals surface area contributed by atoms with Gasteiger partial charge in [-0.05, 0) is 29.7 Å². The van der Waals surface area contributed by atoms with Crippen LogP contribution in [0.25, 0.3) is 0 Å². The highest BCUT2D eigenvalue weighted by molar-refractivity contribution is 6.01. The number of carboxylic acid groups (broad SMARTS) is 2. The molecule has 0 heterocycles. The van der Waals surface area contributed by atoms with E-state index >= 15 is 0 Å². The lowest BCUT2D eigenvalue weighted by Gasteiger charge is -2.06. The highest BCUT2D eigenvalue weighted by Crippen LogP contribution is 2.16. The molecule has 0 unspecified atom stereocenters. The van der Waals surface area contributed by atoms with E-state index in [1.54, 1.807) is 6.07 Å². The fourth-order valence-corrected chi connectivity index (χ4v) is 1.90. The molecule has 96 valence electrons. The minimum absolute atomic E-state index is 0.180. The van der Waals surface area contributed by atoms with Gasteiger partial charge in [0.15, 0.2) is 0 Å². The smallest absolute Gasteiger partial charge is 0.336 e. The third-order valence-electron chi connectivity index (χ3n) is 2.80. The van der Waals surface area contributed by atoms with Crippen molar-refractivity contribution in [3.05, 3.63) is 70.8 Å². The van der Waals surface area contributed by atoms with Gasteiger partial charge in [0, 0.05) is 0 Å². The Morgan fingerprint density at radius 1 is 0.789 bits per heavy atom. The zero-order valence-corrected chi connectivity index (χ0v) is 10.0. The number of carboxylic acids is 2. The van der Waals surface area contributed by atoms with Gasteiger partial charge in [-0.2, -0.15) is 0 Å². The molecule has 0 fully saturated rings. The van der Waals surface area contributed by atoms with Crippen LogP contribution in [0.15, 0.2) is 48.5 Å². The molecule has 0 aliphatic rings. The molecule has 0 amide bonds. The second-order valence-electron chi connectivity index (χ2n) is 4.15. The standard InChI is InChI=1S/C15H12O4/c16-14(17)12-7-6-11(9-13(12)15(18)19)8-10-4-2-1-3-5-10/h1-7,9H,8H2,(H,16,17)(H,18,19). The minimum atomic E-state index is -1.23. The van der Waals surface area contributed by atoms with E-state index in [1.165, 1.54) is 12.1 Å². The van der Waals surface area contributed by atoms with Crippen LogP contribution < -0.4 is 0 Å². The maximum Gasteiger partial charge on any atom is 0.336 e. The highest BCUT2D eigenvalue weighted by Gasteiger charge is 2.16.